The molecule has 0 spiro atoms. The lowest BCUT2D eigenvalue weighted by molar-refractivity contribution is 0.498. The van der Waals surface area contributed by atoms with Crippen molar-refractivity contribution in [1.29, 1.82) is 0 Å². The minimum absolute atomic E-state index is 0.0294. The summed E-state index contributed by atoms with van der Waals surface area (Å²) in [7, 11) is -3.93. The highest BCUT2D eigenvalue weighted by atomic mass is 32.2. The van der Waals surface area contributed by atoms with E-state index in [-0.39, 0.29) is 4.91 Å². The highest BCUT2D eigenvalue weighted by molar-refractivity contribution is 7.96. The molecule has 0 bridgehead atoms. The molecule has 0 radical (unpaired) electrons. The van der Waals surface area contributed by atoms with Gasteiger partial charge in [0.25, 0.3) is 0 Å². The smallest absolute Gasteiger partial charge is 0.339 e. The van der Waals surface area contributed by atoms with E-state index in [0.717, 1.165) is 16.7 Å². The van der Waals surface area contributed by atoms with Crippen LogP contribution in [0.3, 0.4) is 0 Å². The second-order valence-electron chi connectivity index (χ2n) is 5.99. The van der Waals surface area contributed by atoms with Crippen LogP contribution in [0, 0.1) is 13.8 Å². The molecule has 0 saturated heterocycles. The quantitative estimate of drug-likeness (QED) is 0.739. The van der Waals surface area contributed by atoms with Gasteiger partial charge in [-0.25, -0.2) is 0 Å². The molecule has 0 N–H and O–H groups in total. The zero-order valence-corrected chi connectivity index (χ0v) is 14.8. The van der Waals surface area contributed by atoms with Gasteiger partial charge in [0.2, 0.25) is 0 Å². The molecule has 0 aliphatic carbocycles. The molecule has 0 fully saturated rings. The fourth-order valence-electron chi connectivity index (χ4n) is 2.16. The number of benzene rings is 2. The Morgan fingerprint density at radius 3 is 2.35 bits per heavy atom. The van der Waals surface area contributed by atoms with Crippen molar-refractivity contribution in [3.05, 3.63) is 71.3 Å². The predicted molar refractivity (Wildman–Crippen MR) is 95.0 cm³/mol. The summed E-state index contributed by atoms with van der Waals surface area (Å²) in [4.78, 5) is -0.0294. The van der Waals surface area contributed by atoms with Crippen LogP contribution >= 0.6 is 0 Å². The van der Waals surface area contributed by atoms with E-state index in [1.54, 1.807) is 18.2 Å². The molecule has 122 valence electrons. The number of aryl methyl sites for hydroxylation is 2. The summed E-state index contributed by atoms with van der Waals surface area (Å²) in [5.74, 6) is 0.611. The van der Waals surface area contributed by atoms with E-state index in [1.807, 2.05) is 38.1 Å². The highest BCUT2D eigenvalue weighted by Crippen LogP contribution is 2.27. The van der Waals surface area contributed by atoms with Gasteiger partial charge >= 0.3 is 10.1 Å². The van der Waals surface area contributed by atoms with Crippen molar-refractivity contribution in [1.82, 2.24) is 0 Å². The maximum absolute atomic E-state index is 12.5. The normalized spacial score (nSPS) is 11.5. The maximum Gasteiger partial charge on any atom is 0.339 e. The zero-order chi connectivity index (χ0) is 17.2. The van der Waals surface area contributed by atoms with Crippen LogP contribution in [0.5, 0.6) is 5.75 Å². The summed E-state index contributed by atoms with van der Waals surface area (Å²) in [5, 5.41) is 0. The van der Waals surface area contributed by atoms with Crippen LogP contribution in [0.2, 0.25) is 0 Å². The fourth-order valence-corrected chi connectivity index (χ4v) is 3.03. The Kier molecular flexibility index (Phi) is 4.95. The Morgan fingerprint density at radius 2 is 1.74 bits per heavy atom. The topological polar surface area (TPSA) is 43.4 Å². The number of hydrogen-bond donors (Lipinski definition) is 0. The lowest BCUT2D eigenvalue weighted by Crippen LogP contribution is -2.11. The van der Waals surface area contributed by atoms with Crippen molar-refractivity contribution in [3.63, 3.8) is 0 Å². The van der Waals surface area contributed by atoms with E-state index in [1.165, 1.54) is 0 Å². The van der Waals surface area contributed by atoms with Crippen molar-refractivity contribution in [2.45, 2.75) is 33.6 Å². The molecule has 0 amide bonds. The van der Waals surface area contributed by atoms with E-state index >= 15 is 0 Å². The summed E-state index contributed by atoms with van der Waals surface area (Å²) in [6, 6.07) is 12.6. The summed E-state index contributed by atoms with van der Waals surface area (Å²) in [5.41, 5.74) is 3.67. The van der Waals surface area contributed by atoms with Gasteiger partial charge in [-0.05, 0) is 54.2 Å². The molecular formula is C19H22O3S. The van der Waals surface area contributed by atoms with Crippen molar-refractivity contribution in [2.24, 2.45) is 0 Å². The van der Waals surface area contributed by atoms with Crippen LogP contribution in [-0.2, 0) is 10.1 Å². The molecule has 2 rings (SSSR count). The van der Waals surface area contributed by atoms with Gasteiger partial charge in [-0.2, -0.15) is 8.42 Å². The molecule has 0 unspecified atom stereocenters. The molecular weight excluding hydrogens is 308 g/mol. The van der Waals surface area contributed by atoms with E-state index in [4.69, 9.17) is 4.18 Å². The van der Waals surface area contributed by atoms with Gasteiger partial charge in [0.15, 0.2) is 0 Å². The monoisotopic (exact) mass is 330 g/mol. The summed E-state index contributed by atoms with van der Waals surface area (Å²) < 4.78 is 30.1. The Hall–Kier alpha value is -2.07. The maximum atomic E-state index is 12.5. The highest BCUT2D eigenvalue weighted by Gasteiger charge is 2.20. The van der Waals surface area contributed by atoms with E-state index < -0.39 is 10.1 Å². The van der Waals surface area contributed by atoms with Gasteiger partial charge in [-0.15, -0.1) is 0 Å². The SMILES string of the molecule is C=C(c1cccc(C(C)C)c1)S(=O)(=O)Oc1ccc(C)c(C)c1. The van der Waals surface area contributed by atoms with Crippen LogP contribution < -0.4 is 4.18 Å². The fraction of sp³-hybridized carbons (Fsp3) is 0.263. The van der Waals surface area contributed by atoms with Crippen molar-refractivity contribution in [2.75, 3.05) is 0 Å². The van der Waals surface area contributed by atoms with Crippen LogP contribution in [0.1, 0.15) is 42.0 Å². The molecule has 2 aromatic rings. The number of rotatable bonds is 5. The molecule has 3 nitrogen and oxygen atoms in total. The van der Waals surface area contributed by atoms with Crippen LogP contribution in [-0.4, -0.2) is 8.42 Å². The number of hydrogen-bond acceptors (Lipinski definition) is 3. The molecule has 0 saturated carbocycles. The van der Waals surface area contributed by atoms with E-state index in [9.17, 15) is 8.42 Å². The lowest BCUT2D eigenvalue weighted by Gasteiger charge is -2.12. The predicted octanol–water partition coefficient (Wildman–Crippen LogP) is 4.81. The first-order chi connectivity index (χ1) is 10.7. The van der Waals surface area contributed by atoms with Crippen molar-refractivity contribution >= 4 is 15.0 Å². The van der Waals surface area contributed by atoms with Crippen molar-refractivity contribution < 1.29 is 12.6 Å². The lowest BCUT2D eigenvalue weighted by atomic mass is 10.0. The Morgan fingerprint density at radius 1 is 1.04 bits per heavy atom. The molecule has 0 aliphatic rings. The van der Waals surface area contributed by atoms with Crippen LogP contribution in [0.15, 0.2) is 49.0 Å². The molecule has 23 heavy (non-hydrogen) atoms. The summed E-state index contributed by atoms with van der Waals surface area (Å²) in [6.45, 7) is 11.7. The molecule has 0 atom stereocenters. The average molecular weight is 330 g/mol. The third-order valence-corrected chi connectivity index (χ3v) is 5.11. The van der Waals surface area contributed by atoms with Gasteiger partial charge in [0.1, 0.15) is 10.7 Å². The summed E-state index contributed by atoms with van der Waals surface area (Å²) in [6.07, 6.45) is 0. The standard InChI is InChI=1S/C19H22O3S/c1-13(2)17-7-6-8-18(12-17)16(5)23(20,21)22-19-10-9-14(3)15(4)11-19/h6-13H,5H2,1-4H3. The van der Waals surface area contributed by atoms with E-state index in [2.05, 4.69) is 20.4 Å². The zero-order valence-electron chi connectivity index (χ0n) is 14.0. The first kappa shape index (κ1) is 17.3. The second-order valence-corrected chi connectivity index (χ2v) is 7.55. The Labute approximate surface area is 138 Å². The van der Waals surface area contributed by atoms with Gasteiger partial charge in [-0.1, -0.05) is 50.8 Å². The third-order valence-electron chi connectivity index (χ3n) is 3.86. The van der Waals surface area contributed by atoms with Gasteiger partial charge in [-0.3, -0.25) is 0 Å². The largest absolute Gasteiger partial charge is 0.379 e. The Balaban J connectivity index is 2.30. The average Bonchev–Trinajstić information content (AvgIpc) is 2.50. The molecule has 0 aliphatic heterocycles. The van der Waals surface area contributed by atoms with Gasteiger partial charge < -0.3 is 4.18 Å². The summed E-state index contributed by atoms with van der Waals surface area (Å²) >= 11 is 0. The first-order valence-corrected chi connectivity index (χ1v) is 8.92. The Bertz CT molecular complexity index is 833. The van der Waals surface area contributed by atoms with Gasteiger partial charge in [0, 0.05) is 0 Å². The second kappa shape index (κ2) is 6.59. The van der Waals surface area contributed by atoms with Crippen LogP contribution in [0.4, 0.5) is 0 Å². The first-order valence-electron chi connectivity index (χ1n) is 7.51. The van der Waals surface area contributed by atoms with Gasteiger partial charge in [0.05, 0.1) is 0 Å². The molecule has 2 aromatic carbocycles. The van der Waals surface area contributed by atoms with Crippen LogP contribution in [0.25, 0.3) is 4.91 Å². The van der Waals surface area contributed by atoms with Crippen molar-refractivity contribution in [3.8, 4) is 5.75 Å². The van der Waals surface area contributed by atoms with E-state index in [0.29, 0.717) is 17.2 Å². The molecule has 0 aromatic heterocycles. The minimum atomic E-state index is -3.93. The molecule has 0 heterocycles. The molecule has 4 heteroatoms. The minimum Gasteiger partial charge on any atom is -0.379 e. The third kappa shape index (κ3) is 4.02.